The zero-order chi connectivity index (χ0) is 14.6. The van der Waals surface area contributed by atoms with E-state index in [0.29, 0.717) is 12.3 Å². The van der Waals surface area contributed by atoms with Crippen molar-refractivity contribution in [2.24, 2.45) is 5.92 Å². The van der Waals surface area contributed by atoms with Crippen LogP contribution in [-0.4, -0.2) is 18.1 Å². The molecule has 0 saturated heterocycles. The van der Waals surface area contributed by atoms with Gasteiger partial charge in [0.15, 0.2) is 0 Å². The predicted molar refractivity (Wildman–Crippen MR) is 78.5 cm³/mol. The molecule has 0 aliphatic heterocycles. The van der Waals surface area contributed by atoms with Crippen molar-refractivity contribution in [3.63, 3.8) is 0 Å². The topological polar surface area (TPSA) is 49.3 Å². The van der Waals surface area contributed by atoms with Crippen molar-refractivity contribution in [1.82, 2.24) is 5.32 Å². The molecule has 1 rings (SSSR count). The van der Waals surface area contributed by atoms with Crippen molar-refractivity contribution in [2.45, 2.75) is 46.1 Å². The number of carboxylic acids is 1. The molecule has 2 N–H and O–H groups in total. The quantitative estimate of drug-likeness (QED) is 0.826. The van der Waals surface area contributed by atoms with Crippen LogP contribution in [0.15, 0.2) is 18.2 Å². The number of benzene rings is 1. The molecule has 0 amide bonds. The number of aliphatic carboxylic acids is 1. The fraction of sp³-hybridized carbons (Fsp3) is 0.562. The van der Waals surface area contributed by atoms with E-state index in [9.17, 15) is 4.79 Å². The summed E-state index contributed by atoms with van der Waals surface area (Å²) in [5, 5.41) is 12.3. The Balaban J connectivity index is 3.03. The van der Waals surface area contributed by atoms with Crippen molar-refractivity contribution >= 4 is 5.97 Å². The summed E-state index contributed by atoms with van der Waals surface area (Å²) in [6, 6.07) is 6.57. The van der Waals surface area contributed by atoms with Crippen molar-refractivity contribution in [3.8, 4) is 0 Å². The second kappa shape index (κ2) is 6.71. The summed E-state index contributed by atoms with van der Waals surface area (Å²) in [4.78, 5) is 11.0. The van der Waals surface area contributed by atoms with E-state index in [2.05, 4.69) is 44.3 Å². The predicted octanol–water partition coefficient (Wildman–Crippen LogP) is 3.49. The second-order valence-corrected chi connectivity index (χ2v) is 5.59. The van der Waals surface area contributed by atoms with Crippen LogP contribution in [0.5, 0.6) is 0 Å². The lowest BCUT2D eigenvalue weighted by Gasteiger charge is -2.22. The first-order chi connectivity index (χ1) is 8.86. The highest BCUT2D eigenvalue weighted by Gasteiger charge is 2.20. The van der Waals surface area contributed by atoms with E-state index in [0.717, 1.165) is 0 Å². The van der Waals surface area contributed by atoms with Crippen molar-refractivity contribution in [1.29, 1.82) is 0 Å². The highest BCUT2D eigenvalue weighted by atomic mass is 16.4. The van der Waals surface area contributed by atoms with Crippen LogP contribution in [0.1, 0.15) is 55.8 Å². The minimum Gasteiger partial charge on any atom is -0.481 e. The fourth-order valence-corrected chi connectivity index (χ4v) is 2.25. The molecule has 106 valence electrons. The van der Waals surface area contributed by atoms with Crippen LogP contribution >= 0.6 is 0 Å². The van der Waals surface area contributed by atoms with Gasteiger partial charge in [-0.25, -0.2) is 0 Å². The maximum Gasteiger partial charge on any atom is 0.306 e. The highest BCUT2D eigenvalue weighted by Crippen LogP contribution is 2.27. The van der Waals surface area contributed by atoms with E-state index in [1.54, 1.807) is 6.92 Å². The van der Waals surface area contributed by atoms with Crippen LogP contribution in [0.25, 0.3) is 0 Å². The minimum absolute atomic E-state index is 0.0878. The van der Waals surface area contributed by atoms with Gasteiger partial charge in [0.2, 0.25) is 0 Å². The fourth-order valence-electron chi connectivity index (χ4n) is 2.25. The Hall–Kier alpha value is -1.35. The number of rotatable bonds is 6. The molecule has 19 heavy (non-hydrogen) atoms. The van der Waals surface area contributed by atoms with E-state index in [4.69, 9.17) is 5.11 Å². The highest BCUT2D eigenvalue weighted by molar-refractivity contribution is 5.69. The van der Waals surface area contributed by atoms with Crippen molar-refractivity contribution in [3.05, 3.63) is 34.9 Å². The Bertz CT molecular complexity index is 440. The van der Waals surface area contributed by atoms with E-state index < -0.39 is 5.97 Å². The standard InChI is InChI=1S/C16H25NO2/c1-10(2)13-7-6-11(3)14(9-13)15(17-5)8-12(4)16(18)19/h6-7,9-10,12,15,17H,8H2,1-5H3,(H,18,19). The van der Waals surface area contributed by atoms with Gasteiger partial charge < -0.3 is 10.4 Å². The summed E-state index contributed by atoms with van der Waals surface area (Å²) < 4.78 is 0. The third-order valence-corrected chi connectivity index (χ3v) is 3.70. The summed E-state index contributed by atoms with van der Waals surface area (Å²) in [6.07, 6.45) is 0.605. The van der Waals surface area contributed by atoms with Crippen molar-refractivity contribution < 1.29 is 9.90 Å². The summed E-state index contributed by atoms with van der Waals surface area (Å²) in [7, 11) is 1.89. The van der Waals surface area contributed by atoms with Gasteiger partial charge in [-0.15, -0.1) is 0 Å². The van der Waals surface area contributed by atoms with Gasteiger partial charge in [0, 0.05) is 6.04 Å². The molecular weight excluding hydrogens is 238 g/mol. The van der Waals surface area contributed by atoms with Gasteiger partial charge in [-0.05, 0) is 43.0 Å². The number of hydrogen-bond acceptors (Lipinski definition) is 2. The van der Waals surface area contributed by atoms with E-state index in [1.165, 1.54) is 16.7 Å². The average Bonchev–Trinajstić information content (AvgIpc) is 2.36. The average molecular weight is 263 g/mol. The monoisotopic (exact) mass is 263 g/mol. The largest absolute Gasteiger partial charge is 0.481 e. The molecule has 2 unspecified atom stereocenters. The first-order valence-electron chi connectivity index (χ1n) is 6.87. The molecular formula is C16H25NO2. The van der Waals surface area contributed by atoms with Gasteiger partial charge in [-0.1, -0.05) is 39.0 Å². The number of carboxylic acid groups (broad SMARTS) is 1. The molecule has 0 bridgehead atoms. The van der Waals surface area contributed by atoms with E-state index >= 15 is 0 Å². The zero-order valence-electron chi connectivity index (χ0n) is 12.5. The maximum atomic E-state index is 11.0. The molecule has 0 aromatic heterocycles. The lowest BCUT2D eigenvalue weighted by atomic mass is 9.90. The Kier molecular flexibility index (Phi) is 5.55. The molecule has 3 heteroatoms. The van der Waals surface area contributed by atoms with Gasteiger partial charge in [-0.3, -0.25) is 4.79 Å². The summed E-state index contributed by atoms with van der Waals surface area (Å²) >= 11 is 0. The first-order valence-corrected chi connectivity index (χ1v) is 6.87. The Morgan fingerprint density at radius 2 is 1.95 bits per heavy atom. The smallest absolute Gasteiger partial charge is 0.306 e. The Morgan fingerprint density at radius 3 is 2.42 bits per heavy atom. The second-order valence-electron chi connectivity index (χ2n) is 5.59. The number of carbonyl (C=O) groups is 1. The van der Waals surface area contributed by atoms with Crippen LogP contribution in [0.4, 0.5) is 0 Å². The summed E-state index contributed by atoms with van der Waals surface area (Å²) in [6.45, 7) is 8.18. The lowest BCUT2D eigenvalue weighted by Crippen LogP contribution is -2.23. The first kappa shape index (κ1) is 15.7. The van der Waals surface area contributed by atoms with Crippen LogP contribution in [0.2, 0.25) is 0 Å². The number of nitrogens with one attached hydrogen (secondary N) is 1. The Labute approximate surface area is 116 Å². The number of aryl methyl sites for hydroxylation is 1. The SMILES string of the molecule is CNC(CC(C)C(=O)O)c1cc(C(C)C)ccc1C. The summed E-state index contributed by atoms with van der Waals surface area (Å²) in [5.74, 6) is -0.605. The van der Waals surface area contributed by atoms with Crippen LogP contribution in [0.3, 0.4) is 0 Å². The normalized spacial score (nSPS) is 14.4. The van der Waals surface area contributed by atoms with E-state index in [1.807, 2.05) is 7.05 Å². The van der Waals surface area contributed by atoms with Crippen LogP contribution < -0.4 is 5.32 Å². The van der Waals surface area contributed by atoms with Crippen molar-refractivity contribution in [2.75, 3.05) is 7.05 Å². The van der Waals surface area contributed by atoms with Gasteiger partial charge >= 0.3 is 5.97 Å². The molecule has 2 atom stereocenters. The van der Waals surface area contributed by atoms with Crippen LogP contribution in [0, 0.1) is 12.8 Å². The lowest BCUT2D eigenvalue weighted by molar-refractivity contribution is -0.141. The molecule has 0 aliphatic rings. The third-order valence-electron chi connectivity index (χ3n) is 3.70. The Morgan fingerprint density at radius 1 is 1.32 bits per heavy atom. The summed E-state index contributed by atoms with van der Waals surface area (Å²) in [5.41, 5.74) is 3.71. The molecule has 0 spiro atoms. The minimum atomic E-state index is -0.738. The van der Waals surface area contributed by atoms with Gasteiger partial charge in [0.05, 0.1) is 5.92 Å². The van der Waals surface area contributed by atoms with Gasteiger partial charge in [-0.2, -0.15) is 0 Å². The molecule has 1 aromatic rings. The molecule has 0 heterocycles. The zero-order valence-corrected chi connectivity index (χ0v) is 12.5. The van der Waals surface area contributed by atoms with Gasteiger partial charge in [0.1, 0.15) is 0 Å². The molecule has 0 saturated carbocycles. The van der Waals surface area contributed by atoms with Gasteiger partial charge in [0.25, 0.3) is 0 Å². The molecule has 0 fully saturated rings. The maximum absolute atomic E-state index is 11.0. The third kappa shape index (κ3) is 4.06. The van der Waals surface area contributed by atoms with E-state index in [-0.39, 0.29) is 12.0 Å². The molecule has 3 nitrogen and oxygen atoms in total. The number of hydrogen-bond donors (Lipinski definition) is 2. The molecule has 0 radical (unpaired) electrons. The molecule has 1 aromatic carbocycles. The van der Waals surface area contributed by atoms with Crippen LogP contribution in [-0.2, 0) is 4.79 Å². The molecule has 0 aliphatic carbocycles.